The molecule has 1 aliphatic rings. The molecule has 1 heterocycles. The number of hydrogen-bond donors (Lipinski definition) is 2. The second-order valence-electron chi connectivity index (χ2n) is 6.30. The Morgan fingerprint density at radius 2 is 2.17 bits per heavy atom. The van der Waals surface area contributed by atoms with E-state index in [9.17, 15) is 4.79 Å². The molecule has 0 aromatic heterocycles. The molecule has 3 atom stereocenters. The van der Waals surface area contributed by atoms with Gasteiger partial charge in [0.2, 0.25) is 5.91 Å². The van der Waals surface area contributed by atoms with Crippen molar-refractivity contribution in [2.75, 3.05) is 19.6 Å². The molecule has 6 heteroatoms. The molecule has 3 N–H and O–H groups in total. The van der Waals surface area contributed by atoms with E-state index in [0.717, 1.165) is 24.9 Å². The maximum atomic E-state index is 12.3. The summed E-state index contributed by atoms with van der Waals surface area (Å²) in [7, 11) is 0. The molecule has 3 unspecified atom stereocenters. The molecule has 23 heavy (non-hydrogen) atoms. The van der Waals surface area contributed by atoms with Crippen molar-refractivity contribution < 1.29 is 4.79 Å². The number of carbonyl (C=O) groups is 1. The summed E-state index contributed by atoms with van der Waals surface area (Å²) in [5.41, 5.74) is 6.80. The quantitative estimate of drug-likeness (QED) is 0.849. The molecular formula is C17H27Cl2N3O. The van der Waals surface area contributed by atoms with Crippen LogP contribution in [0.15, 0.2) is 24.3 Å². The van der Waals surface area contributed by atoms with Crippen LogP contribution in [0.3, 0.4) is 0 Å². The standard InChI is InChI=1S/C17H26ClN3O.ClH/c1-12-7-8-21(14(9-12)10-19)11-17(22)20-13(2)15-5-3-4-6-16(15)18;/h3-6,12-14H,7-11,19H2,1-2H3,(H,20,22);1H. The van der Waals surface area contributed by atoms with Crippen molar-refractivity contribution in [3.8, 4) is 0 Å². The van der Waals surface area contributed by atoms with Crippen LogP contribution in [0.1, 0.15) is 38.3 Å². The van der Waals surface area contributed by atoms with Crippen LogP contribution in [0.4, 0.5) is 0 Å². The Morgan fingerprint density at radius 1 is 1.48 bits per heavy atom. The van der Waals surface area contributed by atoms with Crippen LogP contribution < -0.4 is 11.1 Å². The number of likely N-dealkylation sites (tertiary alicyclic amines) is 1. The van der Waals surface area contributed by atoms with Gasteiger partial charge in [-0.15, -0.1) is 12.4 Å². The van der Waals surface area contributed by atoms with Gasteiger partial charge in [0, 0.05) is 17.6 Å². The lowest BCUT2D eigenvalue weighted by atomic mass is 9.92. The van der Waals surface area contributed by atoms with Gasteiger partial charge >= 0.3 is 0 Å². The lowest BCUT2D eigenvalue weighted by molar-refractivity contribution is -0.123. The highest BCUT2D eigenvalue weighted by molar-refractivity contribution is 6.31. The highest BCUT2D eigenvalue weighted by Gasteiger charge is 2.27. The molecule has 1 aromatic carbocycles. The van der Waals surface area contributed by atoms with Crippen molar-refractivity contribution in [1.82, 2.24) is 10.2 Å². The van der Waals surface area contributed by atoms with E-state index < -0.39 is 0 Å². The minimum Gasteiger partial charge on any atom is -0.348 e. The monoisotopic (exact) mass is 359 g/mol. The van der Waals surface area contributed by atoms with E-state index in [1.54, 1.807) is 0 Å². The Bertz CT molecular complexity index is 512. The Kier molecular flexibility index (Phi) is 8.34. The van der Waals surface area contributed by atoms with Gasteiger partial charge in [0.15, 0.2) is 0 Å². The molecule has 1 amide bonds. The van der Waals surface area contributed by atoms with Crippen molar-refractivity contribution in [2.45, 2.75) is 38.8 Å². The first-order valence-electron chi connectivity index (χ1n) is 7.99. The summed E-state index contributed by atoms with van der Waals surface area (Å²) in [6.45, 7) is 6.16. The molecule has 1 fully saturated rings. The molecule has 0 spiro atoms. The van der Waals surface area contributed by atoms with Crippen LogP contribution in [0.25, 0.3) is 0 Å². The summed E-state index contributed by atoms with van der Waals surface area (Å²) < 4.78 is 0. The van der Waals surface area contributed by atoms with Gasteiger partial charge in [0.05, 0.1) is 12.6 Å². The van der Waals surface area contributed by atoms with E-state index in [-0.39, 0.29) is 24.4 Å². The number of amides is 1. The maximum absolute atomic E-state index is 12.3. The largest absolute Gasteiger partial charge is 0.348 e. The van der Waals surface area contributed by atoms with Gasteiger partial charge in [-0.3, -0.25) is 9.69 Å². The van der Waals surface area contributed by atoms with Gasteiger partial charge in [0.25, 0.3) is 0 Å². The topological polar surface area (TPSA) is 58.4 Å². The Balaban J connectivity index is 0.00000264. The van der Waals surface area contributed by atoms with Crippen molar-refractivity contribution >= 4 is 29.9 Å². The molecule has 1 aromatic rings. The van der Waals surface area contributed by atoms with Crippen molar-refractivity contribution in [1.29, 1.82) is 0 Å². The molecule has 130 valence electrons. The third-order valence-corrected chi connectivity index (χ3v) is 4.81. The van der Waals surface area contributed by atoms with Crippen LogP contribution in [-0.4, -0.2) is 36.5 Å². The SMILES string of the molecule is CC1CCN(CC(=O)NC(C)c2ccccc2Cl)C(CN)C1.Cl. The zero-order valence-electron chi connectivity index (χ0n) is 13.8. The minimum absolute atomic E-state index is 0. The summed E-state index contributed by atoms with van der Waals surface area (Å²) >= 11 is 6.18. The summed E-state index contributed by atoms with van der Waals surface area (Å²) in [6, 6.07) is 7.82. The molecule has 0 saturated carbocycles. The number of benzene rings is 1. The van der Waals surface area contributed by atoms with Gasteiger partial charge in [-0.2, -0.15) is 0 Å². The van der Waals surface area contributed by atoms with Gasteiger partial charge in [0.1, 0.15) is 0 Å². The predicted octanol–water partition coefficient (Wildman–Crippen LogP) is 3.00. The number of hydrogen-bond acceptors (Lipinski definition) is 3. The fourth-order valence-electron chi connectivity index (χ4n) is 3.13. The lowest BCUT2D eigenvalue weighted by Crippen LogP contribution is -2.50. The first-order valence-corrected chi connectivity index (χ1v) is 8.37. The van der Waals surface area contributed by atoms with Crippen molar-refractivity contribution in [3.05, 3.63) is 34.9 Å². The highest BCUT2D eigenvalue weighted by atomic mass is 35.5. The lowest BCUT2D eigenvalue weighted by Gasteiger charge is -2.37. The van der Waals surface area contributed by atoms with E-state index in [0.29, 0.717) is 30.1 Å². The Labute approximate surface area is 150 Å². The van der Waals surface area contributed by atoms with Gasteiger partial charge in [-0.05, 0) is 43.9 Å². The molecule has 4 nitrogen and oxygen atoms in total. The summed E-state index contributed by atoms with van der Waals surface area (Å²) in [5, 5.41) is 3.72. The fraction of sp³-hybridized carbons (Fsp3) is 0.588. The number of nitrogens with two attached hydrogens (primary N) is 1. The van der Waals surface area contributed by atoms with Gasteiger partial charge in [-0.25, -0.2) is 0 Å². The number of nitrogens with one attached hydrogen (secondary N) is 1. The second-order valence-corrected chi connectivity index (χ2v) is 6.71. The Hall–Kier alpha value is -0.810. The first kappa shape index (κ1) is 20.2. The zero-order chi connectivity index (χ0) is 16.1. The molecule has 0 aliphatic carbocycles. The van der Waals surface area contributed by atoms with Crippen LogP contribution in [0.2, 0.25) is 5.02 Å². The van der Waals surface area contributed by atoms with E-state index in [1.807, 2.05) is 31.2 Å². The number of nitrogens with zero attached hydrogens (tertiary/aromatic N) is 1. The molecule has 2 rings (SSSR count). The van der Waals surface area contributed by atoms with Crippen LogP contribution in [0, 0.1) is 5.92 Å². The predicted molar refractivity (Wildman–Crippen MR) is 98.1 cm³/mol. The summed E-state index contributed by atoms with van der Waals surface area (Å²) in [6.07, 6.45) is 2.20. The number of piperidine rings is 1. The smallest absolute Gasteiger partial charge is 0.234 e. The van der Waals surface area contributed by atoms with Gasteiger partial charge in [-0.1, -0.05) is 36.7 Å². The van der Waals surface area contributed by atoms with E-state index in [4.69, 9.17) is 17.3 Å². The van der Waals surface area contributed by atoms with E-state index in [1.165, 1.54) is 0 Å². The summed E-state index contributed by atoms with van der Waals surface area (Å²) in [5.74, 6) is 0.718. The Morgan fingerprint density at radius 3 is 2.83 bits per heavy atom. The molecule has 1 aliphatic heterocycles. The molecule has 0 radical (unpaired) electrons. The van der Waals surface area contributed by atoms with E-state index in [2.05, 4.69) is 17.1 Å². The molecule has 1 saturated heterocycles. The van der Waals surface area contributed by atoms with Crippen LogP contribution in [-0.2, 0) is 4.79 Å². The number of carbonyl (C=O) groups excluding carboxylic acids is 1. The molecule has 0 bridgehead atoms. The number of rotatable bonds is 5. The number of halogens is 2. The first-order chi connectivity index (χ1) is 10.5. The third-order valence-electron chi connectivity index (χ3n) is 4.47. The average molecular weight is 360 g/mol. The van der Waals surface area contributed by atoms with Gasteiger partial charge < -0.3 is 11.1 Å². The highest BCUT2D eigenvalue weighted by Crippen LogP contribution is 2.23. The van der Waals surface area contributed by atoms with E-state index >= 15 is 0 Å². The fourth-order valence-corrected chi connectivity index (χ4v) is 3.43. The normalized spacial score (nSPS) is 23.0. The zero-order valence-corrected chi connectivity index (χ0v) is 15.4. The van der Waals surface area contributed by atoms with Crippen LogP contribution >= 0.6 is 24.0 Å². The average Bonchev–Trinajstić information content (AvgIpc) is 2.49. The van der Waals surface area contributed by atoms with Crippen molar-refractivity contribution in [2.24, 2.45) is 11.7 Å². The maximum Gasteiger partial charge on any atom is 0.234 e. The van der Waals surface area contributed by atoms with Crippen molar-refractivity contribution in [3.63, 3.8) is 0 Å². The second kappa shape index (κ2) is 9.48. The summed E-state index contributed by atoms with van der Waals surface area (Å²) in [4.78, 5) is 14.5. The third kappa shape index (κ3) is 5.64. The van der Waals surface area contributed by atoms with Crippen LogP contribution in [0.5, 0.6) is 0 Å². The molecular weight excluding hydrogens is 333 g/mol. The minimum atomic E-state index is -0.0961.